The zero-order valence-corrected chi connectivity index (χ0v) is 9.17. The number of rotatable bonds is 5. The first-order valence-electron chi connectivity index (χ1n) is 4.85. The highest BCUT2D eigenvalue weighted by molar-refractivity contribution is 4.80. The molecule has 0 aromatic heterocycles. The first-order valence-corrected chi connectivity index (χ1v) is 4.85. The fourth-order valence-corrected chi connectivity index (χ4v) is 1.26. The summed E-state index contributed by atoms with van der Waals surface area (Å²) in [6.07, 6.45) is 6.90. The Bertz CT molecular complexity index is 127. The molecule has 0 aliphatic carbocycles. The molecule has 0 aromatic carbocycles. The van der Waals surface area contributed by atoms with Crippen LogP contribution in [0.2, 0.25) is 0 Å². The van der Waals surface area contributed by atoms with Gasteiger partial charge in [0, 0.05) is 6.04 Å². The van der Waals surface area contributed by atoms with Gasteiger partial charge in [0.1, 0.15) is 0 Å². The molecule has 1 nitrogen and oxygen atoms in total. The van der Waals surface area contributed by atoms with E-state index in [1.165, 1.54) is 12.8 Å². The molecule has 0 heterocycles. The van der Waals surface area contributed by atoms with E-state index >= 15 is 0 Å². The van der Waals surface area contributed by atoms with E-state index in [-0.39, 0.29) is 0 Å². The second kappa shape index (κ2) is 6.24. The molecule has 0 spiro atoms. The third kappa shape index (κ3) is 5.36. The van der Waals surface area contributed by atoms with Gasteiger partial charge < -0.3 is 4.90 Å². The first-order chi connectivity index (χ1) is 5.57. The van der Waals surface area contributed by atoms with Crippen molar-refractivity contribution in [3.05, 3.63) is 12.2 Å². The van der Waals surface area contributed by atoms with Crippen LogP contribution in [-0.4, -0.2) is 25.0 Å². The molecule has 2 unspecified atom stereocenters. The summed E-state index contributed by atoms with van der Waals surface area (Å²) < 4.78 is 0. The topological polar surface area (TPSA) is 3.24 Å². The van der Waals surface area contributed by atoms with Crippen molar-refractivity contribution >= 4 is 0 Å². The zero-order chi connectivity index (χ0) is 9.56. The summed E-state index contributed by atoms with van der Waals surface area (Å²) in [6, 6.07) is 0.699. The van der Waals surface area contributed by atoms with E-state index in [1.807, 2.05) is 0 Å². The van der Waals surface area contributed by atoms with Crippen molar-refractivity contribution in [2.24, 2.45) is 5.92 Å². The molecular formula is C11H23N. The lowest BCUT2D eigenvalue weighted by molar-refractivity contribution is 0.268. The standard InChI is InChI=1S/C11H23N/c1-6-7-8-10(2)9-11(3)12(4)5/h6-7,10-11H,8-9H2,1-5H3/b7-6+. The average Bonchev–Trinajstić information content (AvgIpc) is 2.00. The Morgan fingerprint density at radius 3 is 2.25 bits per heavy atom. The van der Waals surface area contributed by atoms with Crippen molar-refractivity contribution in [2.45, 2.75) is 39.7 Å². The highest BCUT2D eigenvalue weighted by Gasteiger charge is 2.08. The number of allylic oxidation sites excluding steroid dienone is 2. The normalized spacial score (nSPS) is 17.2. The molecule has 0 bridgehead atoms. The third-order valence-electron chi connectivity index (χ3n) is 2.40. The Hall–Kier alpha value is -0.300. The van der Waals surface area contributed by atoms with Crippen LogP contribution < -0.4 is 0 Å². The maximum atomic E-state index is 2.32. The third-order valence-corrected chi connectivity index (χ3v) is 2.40. The summed E-state index contributed by atoms with van der Waals surface area (Å²) in [5, 5.41) is 0. The van der Waals surface area contributed by atoms with Gasteiger partial charge in [0.15, 0.2) is 0 Å². The van der Waals surface area contributed by atoms with Crippen molar-refractivity contribution < 1.29 is 0 Å². The van der Waals surface area contributed by atoms with Gasteiger partial charge in [0.05, 0.1) is 0 Å². The quantitative estimate of drug-likeness (QED) is 0.572. The Morgan fingerprint density at radius 1 is 1.25 bits per heavy atom. The molecule has 72 valence electrons. The second-order valence-electron chi connectivity index (χ2n) is 3.96. The highest BCUT2D eigenvalue weighted by atomic mass is 15.1. The number of hydrogen-bond donors (Lipinski definition) is 0. The maximum absolute atomic E-state index is 2.32. The van der Waals surface area contributed by atoms with Crippen LogP contribution in [0.15, 0.2) is 12.2 Å². The van der Waals surface area contributed by atoms with E-state index in [0.29, 0.717) is 6.04 Å². The van der Waals surface area contributed by atoms with E-state index in [9.17, 15) is 0 Å². The van der Waals surface area contributed by atoms with Gasteiger partial charge in [-0.15, -0.1) is 0 Å². The van der Waals surface area contributed by atoms with Gasteiger partial charge in [-0.2, -0.15) is 0 Å². The highest BCUT2D eigenvalue weighted by Crippen LogP contribution is 2.13. The van der Waals surface area contributed by atoms with Gasteiger partial charge in [0.25, 0.3) is 0 Å². The van der Waals surface area contributed by atoms with Gasteiger partial charge in [-0.1, -0.05) is 19.1 Å². The number of nitrogens with zero attached hydrogens (tertiary/aromatic N) is 1. The van der Waals surface area contributed by atoms with Crippen LogP contribution in [0.1, 0.15) is 33.6 Å². The fraction of sp³-hybridized carbons (Fsp3) is 0.818. The molecule has 2 atom stereocenters. The molecule has 0 saturated carbocycles. The molecule has 0 amide bonds. The number of hydrogen-bond acceptors (Lipinski definition) is 1. The van der Waals surface area contributed by atoms with Crippen molar-refractivity contribution in [1.82, 2.24) is 4.90 Å². The van der Waals surface area contributed by atoms with Crippen molar-refractivity contribution in [2.75, 3.05) is 14.1 Å². The second-order valence-corrected chi connectivity index (χ2v) is 3.96. The summed E-state index contributed by atoms with van der Waals surface area (Å²) in [5.41, 5.74) is 0. The molecule has 0 aliphatic rings. The Labute approximate surface area is 77.5 Å². The van der Waals surface area contributed by atoms with Crippen LogP contribution in [-0.2, 0) is 0 Å². The van der Waals surface area contributed by atoms with Crippen LogP contribution in [0.25, 0.3) is 0 Å². The molecule has 0 fully saturated rings. The fourth-order valence-electron chi connectivity index (χ4n) is 1.26. The Kier molecular flexibility index (Phi) is 6.09. The van der Waals surface area contributed by atoms with E-state index in [4.69, 9.17) is 0 Å². The van der Waals surface area contributed by atoms with Gasteiger partial charge in [-0.05, 0) is 46.7 Å². The molecule has 12 heavy (non-hydrogen) atoms. The van der Waals surface area contributed by atoms with E-state index in [1.54, 1.807) is 0 Å². The summed E-state index contributed by atoms with van der Waals surface area (Å²) in [7, 11) is 4.29. The zero-order valence-electron chi connectivity index (χ0n) is 9.17. The van der Waals surface area contributed by atoms with Crippen LogP contribution in [0.4, 0.5) is 0 Å². The van der Waals surface area contributed by atoms with E-state index in [2.05, 4.69) is 51.9 Å². The van der Waals surface area contributed by atoms with Crippen molar-refractivity contribution in [1.29, 1.82) is 0 Å². The summed E-state index contributed by atoms with van der Waals surface area (Å²) >= 11 is 0. The minimum absolute atomic E-state index is 0.699. The van der Waals surface area contributed by atoms with Gasteiger partial charge in [0.2, 0.25) is 0 Å². The van der Waals surface area contributed by atoms with Crippen LogP contribution in [0.3, 0.4) is 0 Å². The largest absolute Gasteiger partial charge is 0.307 e. The molecule has 0 aromatic rings. The van der Waals surface area contributed by atoms with E-state index < -0.39 is 0 Å². The van der Waals surface area contributed by atoms with Gasteiger partial charge in [-0.25, -0.2) is 0 Å². The monoisotopic (exact) mass is 169 g/mol. The summed E-state index contributed by atoms with van der Waals surface area (Å²) in [4.78, 5) is 2.28. The van der Waals surface area contributed by atoms with Crippen LogP contribution >= 0.6 is 0 Å². The smallest absolute Gasteiger partial charge is 0.00634 e. The predicted octanol–water partition coefficient (Wildman–Crippen LogP) is 2.93. The molecule has 0 N–H and O–H groups in total. The molecular weight excluding hydrogens is 146 g/mol. The molecule has 0 radical (unpaired) electrons. The van der Waals surface area contributed by atoms with Crippen LogP contribution in [0, 0.1) is 5.92 Å². The Morgan fingerprint density at radius 2 is 1.83 bits per heavy atom. The van der Waals surface area contributed by atoms with Crippen molar-refractivity contribution in [3.63, 3.8) is 0 Å². The lowest BCUT2D eigenvalue weighted by atomic mass is 9.99. The predicted molar refractivity (Wildman–Crippen MR) is 56.4 cm³/mol. The summed E-state index contributed by atoms with van der Waals surface area (Å²) in [5.74, 6) is 0.804. The van der Waals surface area contributed by atoms with E-state index in [0.717, 1.165) is 5.92 Å². The van der Waals surface area contributed by atoms with Gasteiger partial charge >= 0.3 is 0 Å². The SMILES string of the molecule is C/C=C/CC(C)CC(C)N(C)C. The molecule has 1 heteroatoms. The average molecular weight is 169 g/mol. The summed E-state index contributed by atoms with van der Waals surface area (Å²) in [6.45, 7) is 6.69. The minimum atomic E-state index is 0.699. The molecule has 0 aliphatic heterocycles. The minimum Gasteiger partial charge on any atom is -0.307 e. The Balaban J connectivity index is 3.60. The lowest BCUT2D eigenvalue weighted by Gasteiger charge is -2.22. The van der Waals surface area contributed by atoms with Crippen LogP contribution in [0.5, 0.6) is 0 Å². The first kappa shape index (κ1) is 11.7. The maximum Gasteiger partial charge on any atom is 0.00634 e. The van der Waals surface area contributed by atoms with Gasteiger partial charge in [-0.3, -0.25) is 0 Å². The molecule has 0 saturated heterocycles. The van der Waals surface area contributed by atoms with Crippen molar-refractivity contribution in [3.8, 4) is 0 Å². The lowest BCUT2D eigenvalue weighted by Crippen LogP contribution is -2.26. The molecule has 0 rings (SSSR count).